The second-order valence-corrected chi connectivity index (χ2v) is 13.3. The maximum atomic E-state index is 12.1. The van der Waals surface area contributed by atoms with E-state index in [2.05, 4.69) is 76.2 Å². The van der Waals surface area contributed by atoms with Crippen LogP contribution in [0.3, 0.4) is 0 Å². The standard InChI is InChI=1S/C24H32O4Si/c1-19-16-24(19,28-22(25)17-26-5)18-27-29(23(2,3)4,20-12-8-6-9-13-20)21-14-10-7-11-15-21/h6-15,19H,16-18H2,1-5H3/t19-,24+/m1/s1. The molecule has 1 aliphatic rings. The molecular formula is C24H32O4Si. The zero-order chi connectivity index (χ0) is 21.1. The highest BCUT2D eigenvalue weighted by Crippen LogP contribution is 2.48. The largest absolute Gasteiger partial charge is 0.455 e. The van der Waals surface area contributed by atoms with E-state index in [0.717, 1.165) is 6.42 Å². The second kappa shape index (κ2) is 8.42. The summed E-state index contributed by atoms with van der Waals surface area (Å²) in [5, 5.41) is 2.35. The third kappa shape index (κ3) is 4.32. The highest BCUT2D eigenvalue weighted by atomic mass is 28.4. The van der Waals surface area contributed by atoms with Crippen molar-refractivity contribution in [2.75, 3.05) is 20.3 Å². The van der Waals surface area contributed by atoms with Crippen molar-refractivity contribution in [2.24, 2.45) is 5.92 Å². The van der Waals surface area contributed by atoms with E-state index in [-0.39, 0.29) is 23.5 Å². The summed E-state index contributed by atoms with van der Waals surface area (Å²) >= 11 is 0. The fraction of sp³-hybridized carbons (Fsp3) is 0.458. The molecule has 0 radical (unpaired) electrons. The number of esters is 1. The van der Waals surface area contributed by atoms with E-state index in [4.69, 9.17) is 13.9 Å². The van der Waals surface area contributed by atoms with Gasteiger partial charge in [-0.15, -0.1) is 0 Å². The van der Waals surface area contributed by atoms with Crippen LogP contribution in [-0.4, -0.2) is 40.2 Å². The number of carbonyl (C=O) groups excluding carboxylic acids is 1. The van der Waals surface area contributed by atoms with E-state index in [9.17, 15) is 4.79 Å². The third-order valence-electron chi connectivity index (χ3n) is 5.92. The van der Waals surface area contributed by atoms with Gasteiger partial charge in [0.2, 0.25) is 0 Å². The predicted octanol–water partition coefficient (Wildman–Crippen LogP) is 3.53. The smallest absolute Gasteiger partial charge is 0.332 e. The SMILES string of the molecule is COCC(=O)O[C@]1(CO[Si](c2ccccc2)(c2ccccc2)C(C)(C)C)C[C@H]1C. The number of carbonyl (C=O) groups is 1. The van der Waals surface area contributed by atoms with Crippen molar-refractivity contribution in [3.63, 3.8) is 0 Å². The molecule has 1 fully saturated rings. The predicted molar refractivity (Wildman–Crippen MR) is 118 cm³/mol. The Morgan fingerprint density at radius 2 is 1.52 bits per heavy atom. The summed E-state index contributed by atoms with van der Waals surface area (Å²) in [5.74, 6) is -0.0515. The van der Waals surface area contributed by atoms with Gasteiger partial charge >= 0.3 is 5.97 Å². The van der Waals surface area contributed by atoms with Gasteiger partial charge in [-0.05, 0) is 21.8 Å². The molecule has 2 aromatic rings. The molecule has 1 saturated carbocycles. The van der Waals surface area contributed by atoms with Crippen molar-refractivity contribution >= 4 is 24.7 Å². The lowest BCUT2D eigenvalue weighted by atomic mass is 10.2. The van der Waals surface area contributed by atoms with Gasteiger partial charge in [0.25, 0.3) is 8.32 Å². The van der Waals surface area contributed by atoms with Gasteiger partial charge in [0.05, 0.1) is 6.61 Å². The van der Waals surface area contributed by atoms with Crippen LogP contribution in [0.15, 0.2) is 60.7 Å². The second-order valence-electron chi connectivity index (χ2n) is 9.03. The minimum absolute atomic E-state index is 0.0340. The number of hydrogen-bond donors (Lipinski definition) is 0. The number of methoxy groups -OCH3 is 1. The molecule has 5 heteroatoms. The Bertz CT molecular complexity index is 776. The molecule has 0 aliphatic heterocycles. The molecule has 2 atom stereocenters. The molecule has 0 amide bonds. The average Bonchev–Trinajstić information content (AvgIpc) is 3.31. The van der Waals surface area contributed by atoms with Gasteiger partial charge < -0.3 is 13.9 Å². The van der Waals surface area contributed by atoms with Gasteiger partial charge in [-0.25, -0.2) is 4.79 Å². The zero-order valence-electron chi connectivity index (χ0n) is 18.1. The summed E-state index contributed by atoms with van der Waals surface area (Å²) in [6.07, 6.45) is 0.820. The van der Waals surface area contributed by atoms with E-state index >= 15 is 0 Å². The van der Waals surface area contributed by atoms with E-state index in [1.54, 1.807) is 0 Å². The lowest BCUT2D eigenvalue weighted by Gasteiger charge is -2.43. The maximum absolute atomic E-state index is 12.1. The molecule has 29 heavy (non-hydrogen) atoms. The first kappa shape index (κ1) is 21.7. The number of ether oxygens (including phenoxy) is 2. The molecule has 0 aromatic heterocycles. The Morgan fingerprint density at radius 3 is 1.90 bits per heavy atom. The number of rotatable bonds is 8. The van der Waals surface area contributed by atoms with Crippen LogP contribution in [0.4, 0.5) is 0 Å². The summed E-state index contributed by atoms with van der Waals surface area (Å²) in [5.41, 5.74) is -0.553. The summed E-state index contributed by atoms with van der Waals surface area (Å²) in [4.78, 5) is 12.1. The number of hydrogen-bond acceptors (Lipinski definition) is 4. The first-order chi connectivity index (χ1) is 13.7. The highest BCUT2D eigenvalue weighted by molar-refractivity contribution is 6.99. The van der Waals surface area contributed by atoms with Crippen LogP contribution in [0, 0.1) is 5.92 Å². The van der Waals surface area contributed by atoms with Crippen molar-refractivity contribution < 1.29 is 18.7 Å². The molecule has 156 valence electrons. The van der Waals surface area contributed by atoms with Crippen LogP contribution in [-0.2, 0) is 18.7 Å². The van der Waals surface area contributed by atoms with Crippen molar-refractivity contribution in [2.45, 2.75) is 44.8 Å². The lowest BCUT2D eigenvalue weighted by Crippen LogP contribution is -2.67. The van der Waals surface area contributed by atoms with Crippen LogP contribution in [0.2, 0.25) is 5.04 Å². The molecule has 0 unspecified atom stereocenters. The Labute approximate surface area is 175 Å². The average molecular weight is 413 g/mol. The monoisotopic (exact) mass is 412 g/mol. The molecule has 0 bridgehead atoms. The van der Waals surface area contributed by atoms with Crippen molar-refractivity contribution in [3.8, 4) is 0 Å². The molecule has 4 nitrogen and oxygen atoms in total. The van der Waals surface area contributed by atoms with E-state index < -0.39 is 13.9 Å². The first-order valence-electron chi connectivity index (χ1n) is 10.2. The van der Waals surface area contributed by atoms with Gasteiger partial charge in [0.1, 0.15) is 12.2 Å². The lowest BCUT2D eigenvalue weighted by molar-refractivity contribution is -0.158. The fourth-order valence-corrected chi connectivity index (χ4v) is 8.81. The summed E-state index contributed by atoms with van der Waals surface area (Å²) in [7, 11) is -1.14. The third-order valence-corrected chi connectivity index (χ3v) is 10.9. The summed E-state index contributed by atoms with van der Waals surface area (Å²) in [6, 6.07) is 21.0. The van der Waals surface area contributed by atoms with Crippen molar-refractivity contribution in [1.29, 1.82) is 0 Å². The van der Waals surface area contributed by atoms with E-state index in [1.165, 1.54) is 17.5 Å². The molecule has 0 saturated heterocycles. The summed E-state index contributed by atoms with van der Waals surface area (Å²) < 4.78 is 17.7. The van der Waals surface area contributed by atoms with Crippen LogP contribution in [0.1, 0.15) is 34.1 Å². The molecule has 3 rings (SSSR count). The molecule has 0 N–H and O–H groups in total. The van der Waals surface area contributed by atoms with Gasteiger partial charge in [-0.1, -0.05) is 88.4 Å². The number of benzene rings is 2. The highest BCUT2D eigenvalue weighted by Gasteiger charge is 2.58. The zero-order valence-corrected chi connectivity index (χ0v) is 19.1. The molecular weight excluding hydrogens is 380 g/mol. The van der Waals surface area contributed by atoms with Crippen molar-refractivity contribution in [3.05, 3.63) is 60.7 Å². The Kier molecular flexibility index (Phi) is 6.32. The van der Waals surface area contributed by atoms with Crippen LogP contribution in [0.5, 0.6) is 0 Å². The van der Waals surface area contributed by atoms with E-state index in [1.807, 2.05) is 12.1 Å². The van der Waals surface area contributed by atoms with Crippen LogP contribution >= 0.6 is 0 Å². The van der Waals surface area contributed by atoms with Crippen LogP contribution < -0.4 is 10.4 Å². The minimum Gasteiger partial charge on any atom is -0.455 e. The fourth-order valence-electron chi connectivity index (χ4n) is 4.20. The molecule has 2 aromatic carbocycles. The Balaban J connectivity index is 1.99. The molecule has 0 spiro atoms. The summed E-state index contributed by atoms with van der Waals surface area (Å²) in [6.45, 7) is 9.22. The molecule has 1 aliphatic carbocycles. The van der Waals surface area contributed by atoms with Gasteiger partial charge in [-0.3, -0.25) is 0 Å². The van der Waals surface area contributed by atoms with Gasteiger partial charge in [0, 0.05) is 13.0 Å². The van der Waals surface area contributed by atoms with Crippen LogP contribution in [0.25, 0.3) is 0 Å². The first-order valence-corrected chi connectivity index (χ1v) is 12.1. The molecule has 0 heterocycles. The maximum Gasteiger partial charge on any atom is 0.332 e. The van der Waals surface area contributed by atoms with Gasteiger partial charge in [0.15, 0.2) is 0 Å². The quantitative estimate of drug-likeness (QED) is 0.491. The Morgan fingerprint density at radius 1 is 1.03 bits per heavy atom. The minimum atomic E-state index is -2.64. The topological polar surface area (TPSA) is 44.8 Å². The Hall–Kier alpha value is -1.95. The van der Waals surface area contributed by atoms with E-state index in [0.29, 0.717) is 6.61 Å². The van der Waals surface area contributed by atoms with Gasteiger partial charge in [-0.2, -0.15) is 0 Å². The normalized spacial score (nSPS) is 21.6. The van der Waals surface area contributed by atoms with Crippen molar-refractivity contribution in [1.82, 2.24) is 0 Å².